The lowest BCUT2D eigenvalue weighted by Gasteiger charge is -2.31. The lowest BCUT2D eigenvalue weighted by atomic mass is 10.1. The smallest absolute Gasteiger partial charge is 0.244 e. The van der Waals surface area contributed by atoms with Crippen molar-refractivity contribution in [3.63, 3.8) is 0 Å². The van der Waals surface area contributed by atoms with Crippen molar-refractivity contribution in [3.05, 3.63) is 63.9 Å². The van der Waals surface area contributed by atoms with E-state index >= 15 is 0 Å². The van der Waals surface area contributed by atoms with Gasteiger partial charge in [-0.2, -0.15) is 0 Å². The van der Waals surface area contributed by atoms with E-state index in [-0.39, 0.29) is 27.8 Å². The predicted octanol–water partition coefficient (Wildman–Crippen LogP) is 3.06. The Balaban J connectivity index is 2.45. The average Bonchev–Trinajstić information content (AvgIpc) is 2.71. The van der Waals surface area contributed by atoms with Gasteiger partial charge in [0.2, 0.25) is 21.8 Å². The highest BCUT2D eigenvalue weighted by molar-refractivity contribution is 7.92. The van der Waals surface area contributed by atoms with E-state index in [9.17, 15) is 22.4 Å². The molecule has 168 valence electrons. The molecule has 31 heavy (non-hydrogen) atoms. The molecule has 2 rings (SSSR count). The fourth-order valence-corrected chi connectivity index (χ4v) is 4.18. The molecule has 1 atom stereocenters. The van der Waals surface area contributed by atoms with Crippen molar-refractivity contribution in [3.8, 4) is 0 Å². The molecule has 0 heterocycles. The maximum absolute atomic E-state index is 14.2. The molecule has 1 N–H and O–H groups in total. The summed E-state index contributed by atoms with van der Waals surface area (Å²) >= 11 is 12.2. The molecule has 11 heteroatoms. The standard InChI is InChI=1S/C20H22Cl2FN3O4S/c1-13(20(28)24-2)25(11-14-7-4-5-9-16(14)23)18(27)12-26(31(3,29)30)17-10-6-8-15(21)19(17)22/h4-10,13H,11-12H2,1-3H3,(H,24,28)/t13-/m1/s1. The maximum Gasteiger partial charge on any atom is 0.244 e. The molecule has 0 radical (unpaired) electrons. The second-order valence-corrected chi connectivity index (χ2v) is 9.44. The number of rotatable bonds is 8. The lowest BCUT2D eigenvalue weighted by Crippen LogP contribution is -2.50. The van der Waals surface area contributed by atoms with Crippen LogP contribution in [-0.2, 0) is 26.2 Å². The molecule has 2 aromatic carbocycles. The first-order valence-electron chi connectivity index (χ1n) is 9.13. The van der Waals surface area contributed by atoms with Gasteiger partial charge in [0, 0.05) is 19.2 Å². The molecule has 7 nitrogen and oxygen atoms in total. The minimum Gasteiger partial charge on any atom is -0.357 e. The quantitative estimate of drug-likeness (QED) is 0.617. The van der Waals surface area contributed by atoms with Gasteiger partial charge in [0.05, 0.1) is 22.0 Å². The van der Waals surface area contributed by atoms with Gasteiger partial charge < -0.3 is 10.2 Å². The SMILES string of the molecule is CNC(=O)[C@@H](C)N(Cc1ccccc1F)C(=O)CN(c1cccc(Cl)c1Cl)S(C)(=O)=O. The van der Waals surface area contributed by atoms with E-state index in [0.29, 0.717) is 0 Å². The highest BCUT2D eigenvalue weighted by atomic mass is 35.5. The third kappa shape index (κ3) is 6.09. The fraction of sp³-hybridized carbons (Fsp3) is 0.300. The number of carbonyl (C=O) groups is 2. The van der Waals surface area contributed by atoms with E-state index in [0.717, 1.165) is 15.5 Å². The molecular formula is C20H22Cl2FN3O4S. The van der Waals surface area contributed by atoms with Gasteiger partial charge in [-0.15, -0.1) is 0 Å². The number of sulfonamides is 1. The van der Waals surface area contributed by atoms with Crippen LogP contribution in [0, 0.1) is 5.82 Å². The average molecular weight is 490 g/mol. The van der Waals surface area contributed by atoms with E-state index in [1.165, 1.54) is 50.4 Å². The molecule has 0 aromatic heterocycles. The first-order valence-corrected chi connectivity index (χ1v) is 11.7. The van der Waals surface area contributed by atoms with Crippen LogP contribution in [-0.4, -0.2) is 51.0 Å². The summed E-state index contributed by atoms with van der Waals surface area (Å²) < 4.78 is 39.9. The van der Waals surface area contributed by atoms with Crippen molar-refractivity contribution in [2.75, 3.05) is 24.2 Å². The third-order valence-electron chi connectivity index (χ3n) is 4.59. The van der Waals surface area contributed by atoms with Crippen LogP contribution < -0.4 is 9.62 Å². The van der Waals surface area contributed by atoms with Gasteiger partial charge in [-0.25, -0.2) is 12.8 Å². The Morgan fingerprint density at radius 3 is 2.35 bits per heavy atom. The highest BCUT2D eigenvalue weighted by Gasteiger charge is 2.31. The van der Waals surface area contributed by atoms with Crippen LogP contribution >= 0.6 is 23.2 Å². The predicted molar refractivity (Wildman–Crippen MR) is 119 cm³/mol. The molecule has 2 aromatic rings. The molecule has 0 bridgehead atoms. The summed E-state index contributed by atoms with van der Waals surface area (Å²) in [6.45, 7) is 0.574. The van der Waals surface area contributed by atoms with Crippen molar-refractivity contribution in [1.29, 1.82) is 0 Å². The Bertz CT molecular complexity index is 1080. The largest absolute Gasteiger partial charge is 0.357 e. The number of anilines is 1. The van der Waals surface area contributed by atoms with Gasteiger partial charge in [-0.3, -0.25) is 13.9 Å². The van der Waals surface area contributed by atoms with Crippen LogP contribution in [0.3, 0.4) is 0 Å². The molecule has 0 aliphatic rings. The highest BCUT2D eigenvalue weighted by Crippen LogP contribution is 2.33. The van der Waals surface area contributed by atoms with Gasteiger partial charge in [0.15, 0.2) is 0 Å². The lowest BCUT2D eigenvalue weighted by molar-refractivity contribution is -0.139. The molecule has 0 saturated carbocycles. The molecule has 0 aliphatic heterocycles. The zero-order chi connectivity index (χ0) is 23.3. The van der Waals surface area contributed by atoms with Gasteiger partial charge in [0.1, 0.15) is 18.4 Å². The van der Waals surface area contributed by atoms with E-state index in [1.54, 1.807) is 6.07 Å². The van der Waals surface area contributed by atoms with Gasteiger partial charge in [-0.05, 0) is 25.1 Å². The van der Waals surface area contributed by atoms with E-state index in [2.05, 4.69) is 5.32 Å². The van der Waals surface area contributed by atoms with Crippen LogP contribution in [0.25, 0.3) is 0 Å². The number of benzene rings is 2. The number of nitrogens with one attached hydrogen (secondary N) is 1. The van der Waals surface area contributed by atoms with Gasteiger partial charge >= 0.3 is 0 Å². The van der Waals surface area contributed by atoms with Crippen molar-refractivity contribution in [2.24, 2.45) is 0 Å². The zero-order valence-electron chi connectivity index (χ0n) is 17.1. The van der Waals surface area contributed by atoms with Crippen LogP contribution in [0.15, 0.2) is 42.5 Å². The summed E-state index contributed by atoms with van der Waals surface area (Å²) in [4.78, 5) is 26.5. The second-order valence-electron chi connectivity index (χ2n) is 6.75. The topological polar surface area (TPSA) is 86.8 Å². The number of likely N-dealkylation sites (N-methyl/N-ethyl adjacent to an activating group) is 1. The van der Waals surface area contributed by atoms with E-state index in [4.69, 9.17) is 23.2 Å². The number of carbonyl (C=O) groups excluding carboxylic acids is 2. The monoisotopic (exact) mass is 489 g/mol. The Labute approximate surface area is 190 Å². The number of halogens is 3. The summed E-state index contributed by atoms with van der Waals surface area (Å²) in [5, 5.41) is 2.51. The Morgan fingerprint density at radius 1 is 1.13 bits per heavy atom. The Kier molecular flexibility index (Phi) is 8.27. The van der Waals surface area contributed by atoms with Crippen molar-refractivity contribution >= 4 is 50.7 Å². The maximum atomic E-state index is 14.2. The van der Waals surface area contributed by atoms with Crippen LogP contribution in [0.1, 0.15) is 12.5 Å². The van der Waals surface area contributed by atoms with Gasteiger partial charge in [-0.1, -0.05) is 47.5 Å². The molecular weight excluding hydrogens is 468 g/mol. The summed E-state index contributed by atoms with van der Waals surface area (Å²) in [5.74, 6) is -1.76. The number of nitrogens with zero attached hydrogens (tertiary/aromatic N) is 2. The summed E-state index contributed by atoms with van der Waals surface area (Å²) in [7, 11) is -2.55. The van der Waals surface area contributed by atoms with Crippen molar-refractivity contribution in [2.45, 2.75) is 19.5 Å². The molecule has 0 spiro atoms. The van der Waals surface area contributed by atoms with E-state index in [1.807, 2.05) is 0 Å². The fourth-order valence-electron chi connectivity index (χ4n) is 2.88. The Morgan fingerprint density at radius 2 is 1.77 bits per heavy atom. The minimum absolute atomic E-state index is 0.0171. The second kappa shape index (κ2) is 10.3. The minimum atomic E-state index is -3.95. The summed E-state index contributed by atoms with van der Waals surface area (Å²) in [5.41, 5.74) is 0.196. The van der Waals surface area contributed by atoms with Crippen molar-refractivity contribution in [1.82, 2.24) is 10.2 Å². The number of amides is 2. The zero-order valence-corrected chi connectivity index (χ0v) is 19.4. The first kappa shape index (κ1) is 24.9. The van der Waals surface area contributed by atoms with Crippen LogP contribution in [0.4, 0.5) is 10.1 Å². The molecule has 0 saturated heterocycles. The van der Waals surface area contributed by atoms with Crippen LogP contribution in [0.5, 0.6) is 0 Å². The molecule has 0 aliphatic carbocycles. The molecule has 0 unspecified atom stereocenters. The van der Waals surface area contributed by atoms with Gasteiger partial charge in [0.25, 0.3) is 0 Å². The van der Waals surface area contributed by atoms with Crippen LogP contribution in [0.2, 0.25) is 10.0 Å². The third-order valence-corrected chi connectivity index (χ3v) is 6.53. The van der Waals surface area contributed by atoms with Crippen molar-refractivity contribution < 1.29 is 22.4 Å². The number of hydrogen-bond donors (Lipinski definition) is 1. The number of hydrogen-bond acceptors (Lipinski definition) is 4. The Hall–Kier alpha value is -2.36. The normalized spacial score (nSPS) is 12.2. The summed E-state index contributed by atoms with van der Waals surface area (Å²) in [6.07, 6.45) is 0.918. The molecule has 0 fully saturated rings. The first-order chi connectivity index (χ1) is 14.5. The van der Waals surface area contributed by atoms with E-state index < -0.39 is 40.2 Å². The summed E-state index contributed by atoms with van der Waals surface area (Å²) in [6, 6.07) is 9.20. The molecule has 2 amide bonds.